The molecular formula is C21H52O6Si5. The second-order valence-electron chi connectivity index (χ2n) is 13.8. The van der Waals surface area contributed by atoms with Crippen molar-refractivity contribution in [1.82, 2.24) is 0 Å². The van der Waals surface area contributed by atoms with Gasteiger partial charge < -0.3 is 26.9 Å². The van der Waals surface area contributed by atoms with Gasteiger partial charge in [-0.1, -0.05) is 0 Å². The lowest BCUT2D eigenvalue weighted by molar-refractivity contribution is -0.268. The third kappa shape index (κ3) is 12.5. The van der Waals surface area contributed by atoms with Gasteiger partial charge in [0.2, 0.25) is 0 Å². The molecule has 32 heavy (non-hydrogen) atoms. The van der Waals surface area contributed by atoms with Gasteiger partial charge in [-0.05, 0) is 98.2 Å². The Morgan fingerprint density at radius 1 is 0.469 bits per heavy atom. The second kappa shape index (κ2) is 10.8. The molecule has 192 valence electrons. The van der Waals surface area contributed by atoms with Crippen LogP contribution < -0.4 is 0 Å². The highest BCUT2D eigenvalue weighted by atomic mass is 28.4. The molecule has 0 spiro atoms. The number of hydrogen-bond acceptors (Lipinski definition) is 6. The van der Waals surface area contributed by atoms with E-state index in [2.05, 4.69) is 98.2 Å². The molecule has 0 amide bonds. The van der Waals surface area contributed by atoms with E-state index in [1.54, 1.807) is 0 Å². The third-order valence-electron chi connectivity index (χ3n) is 4.21. The van der Waals surface area contributed by atoms with Crippen molar-refractivity contribution in [3.63, 3.8) is 0 Å². The van der Waals surface area contributed by atoms with Gasteiger partial charge in [-0.3, -0.25) is 0 Å². The first-order valence-corrected chi connectivity index (χ1v) is 29.0. The summed E-state index contributed by atoms with van der Waals surface area (Å²) >= 11 is 0. The van der Waals surface area contributed by atoms with Gasteiger partial charge in [0, 0.05) is 0 Å². The van der Waals surface area contributed by atoms with E-state index in [4.69, 9.17) is 26.9 Å². The van der Waals surface area contributed by atoms with Crippen LogP contribution in [0.4, 0.5) is 0 Å². The summed E-state index contributed by atoms with van der Waals surface area (Å²) in [5, 5.41) is 0. The van der Waals surface area contributed by atoms with Gasteiger partial charge in [0.05, 0.1) is 6.61 Å². The molecule has 1 aliphatic heterocycles. The summed E-state index contributed by atoms with van der Waals surface area (Å²) in [4.78, 5) is 0. The van der Waals surface area contributed by atoms with Crippen molar-refractivity contribution < 1.29 is 26.9 Å². The lowest BCUT2D eigenvalue weighted by Crippen LogP contribution is -2.67. The summed E-state index contributed by atoms with van der Waals surface area (Å²) in [6, 6.07) is 0. The van der Waals surface area contributed by atoms with Crippen molar-refractivity contribution in [2.45, 2.75) is 129 Å². The Balaban J connectivity index is 3.50. The maximum absolute atomic E-state index is 6.85. The Hall–Kier alpha value is 0.844. The first-order chi connectivity index (χ1) is 14.0. The Morgan fingerprint density at radius 3 is 1.22 bits per heavy atom. The topological polar surface area (TPSA) is 55.4 Å². The lowest BCUT2D eigenvalue weighted by atomic mass is 9.99. The minimum atomic E-state index is -1.92. The van der Waals surface area contributed by atoms with Crippen LogP contribution in [0.2, 0.25) is 98.2 Å². The molecule has 0 aromatic heterocycles. The zero-order valence-corrected chi connectivity index (χ0v) is 28.5. The predicted molar refractivity (Wildman–Crippen MR) is 147 cm³/mol. The van der Waals surface area contributed by atoms with Crippen LogP contribution in [0.5, 0.6) is 0 Å². The number of ether oxygens (including phenoxy) is 1. The van der Waals surface area contributed by atoms with Crippen molar-refractivity contribution in [2.24, 2.45) is 0 Å². The molecule has 0 aromatic rings. The normalized spacial score (nSPS) is 28.8. The average molecular weight is 541 g/mol. The van der Waals surface area contributed by atoms with Crippen LogP contribution in [0.3, 0.4) is 0 Å². The van der Waals surface area contributed by atoms with E-state index in [-0.39, 0.29) is 24.4 Å². The van der Waals surface area contributed by atoms with Crippen LogP contribution in [-0.4, -0.2) is 78.9 Å². The minimum absolute atomic E-state index is 0.243. The van der Waals surface area contributed by atoms with Gasteiger partial charge in [-0.2, -0.15) is 0 Å². The highest BCUT2D eigenvalue weighted by Gasteiger charge is 2.52. The van der Waals surface area contributed by atoms with Crippen molar-refractivity contribution in [2.75, 3.05) is 6.61 Å². The van der Waals surface area contributed by atoms with E-state index >= 15 is 0 Å². The molecule has 1 rings (SSSR count). The lowest BCUT2D eigenvalue weighted by Gasteiger charge is -2.51. The van der Waals surface area contributed by atoms with Crippen LogP contribution in [0, 0.1) is 0 Å². The van der Waals surface area contributed by atoms with Gasteiger partial charge in [-0.15, -0.1) is 0 Å². The van der Waals surface area contributed by atoms with Gasteiger partial charge in [-0.25, -0.2) is 0 Å². The van der Waals surface area contributed by atoms with Crippen molar-refractivity contribution in [1.29, 1.82) is 0 Å². The predicted octanol–water partition coefficient (Wildman–Crippen LogP) is 6.07. The molecule has 1 fully saturated rings. The van der Waals surface area contributed by atoms with E-state index < -0.39 is 47.9 Å². The Kier molecular flexibility index (Phi) is 10.5. The monoisotopic (exact) mass is 540 g/mol. The summed E-state index contributed by atoms with van der Waals surface area (Å²) in [5.74, 6) is 0. The van der Waals surface area contributed by atoms with E-state index in [1.807, 2.05) is 0 Å². The largest absolute Gasteiger partial charge is 0.415 e. The quantitative estimate of drug-likeness (QED) is 0.296. The van der Waals surface area contributed by atoms with Crippen LogP contribution >= 0.6 is 0 Å². The van der Waals surface area contributed by atoms with Crippen LogP contribution in [0.15, 0.2) is 0 Å². The SMILES string of the molecule is C[Si](C)(C)OC[C@H]1O[C@H](O[Si](C)(C)C)[C@H](O[Si](C)(C)C)[C@H](O[Si](C)(C)C)[C@@H]1O[Si](C)(C)C. The fraction of sp³-hybridized carbons (Fsp3) is 1.00. The maximum Gasteiger partial charge on any atom is 0.187 e. The van der Waals surface area contributed by atoms with Gasteiger partial charge in [0.1, 0.15) is 24.4 Å². The molecule has 0 aromatic carbocycles. The molecule has 0 unspecified atom stereocenters. The smallest absolute Gasteiger partial charge is 0.187 e. The van der Waals surface area contributed by atoms with Gasteiger partial charge in [0.25, 0.3) is 0 Å². The standard InChI is InChI=1S/C21H52O6Si5/c1-28(2,3)22-16-17-18(24-29(4,5)6)19(25-30(7,8)9)20(26-31(10,11)12)21(23-17)27-32(13,14)15/h17-21H,16H2,1-15H3/t17-,18-,19-,20-,21-/m1/s1. The average Bonchev–Trinajstić information content (AvgIpc) is 2.45. The summed E-state index contributed by atoms with van der Waals surface area (Å²) in [6.45, 7) is 33.6. The minimum Gasteiger partial charge on any atom is -0.415 e. The van der Waals surface area contributed by atoms with Crippen LogP contribution in [0.25, 0.3) is 0 Å². The Morgan fingerprint density at radius 2 is 0.844 bits per heavy atom. The Labute approximate surface area is 203 Å². The van der Waals surface area contributed by atoms with Crippen LogP contribution in [0.1, 0.15) is 0 Å². The molecule has 1 saturated heterocycles. The first kappa shape index (κ1) is 30.9. The molecule has 11 heteroatoms. The summed E-state index contributed by atoms with van der Waals surface area (Å²) < 4.78 is 39.9. The highest BCUT2D eigenvalue weighted by molar-refractivity contribution is 6.71. The van der Waals surface area contributed by atoms with Gasteiger partial charge >= 0.3 is 0 Å². The molecule has 0 aliphatic carbocycles. The summed E-state index contributed by atoms with van der Waals surface area (Å²) in [6.07, 6.45) is -1.54. The first-order valence-electron chi connectivity index (χ1n) is 12.0. The Bertz CT molecular complexity index is 586. The molecule has 0 saturated carbocycles. The maximum atomic E-state index is 6.85. The molecular weight excluding hydrogens is 489 g/mol. The number of rotatable bonds is 11. The zero-order valence-electron chi connectivity index (χ0n) is 23.5. The molecule has 6 nitrogen and oxygen atoms in total. The molecule has 0 bridgehead atoms. The summed E-state index contributed by atoms with van der Waals surface area (Å²) in [7, 11) is -9.37. The number of hydrogen-bond donors (Lipinski definition) is 0. The fourth-order valence-corrected chi connectivity index (χ4v) is 8.21. The highest BCUT2D eigenvalue weighted by Crippen LogP contribution is 2.35. The third-order valence-corrected chi connectivity index (χ3v) is 9.12. The van der Waals surface area contributed by atoms with E-state index in [1.165, 1.54) is 0 Å². The summed E-state index contributed by atoms with van der Waals surface area (Å²) in [5.41, 5.74) is 0. The molecule has 1 aliphatic rings. The molecule has 1 heterocycles. The molecule has 5 atom stereocenters. The van der Waals surface area contributed by atoms with E-state index in [0.29, 0.717) is 6.61 Å². The van der Waals surface area contributed by atoms with Crippen molar-refractivity contribution in [3.8, 4) is 0 Å². The van der Waals surface area contributed by atoms with E-state index in [9.17, 15) is 0 Å². The second-order valence-corrected chi connectivity index (χ2v) is 36.1. The van der Waals surface area contributed by atoms with Crippen molar-refractivity contribution in [3.05, 3.63) is 0 Å². The van der Waals surface area contributed by atoms with Crippen LogP contribution in [-0.2, 0) is 26.9 Å². The molecule has 0 radical (unpaired) electrons. The zero-order chi connectivity index (χ0) is 25.3. The fourth-order valence-electron chi connectivity index (χ4n) is 3.41. The van der Waals surface area contributed by atoms with Gasteiger partial charge in [0.15, 0.2) is 47.9 Å². The molecule has 0 N–H and O–H groups in total. The van der Waals surface area contributed by atoms with Crippen molar-refractivity contribution >= 4 is 41.6 Å². The van der Waals surface area contributed by atoms with E-state index in [0.717, 1.165) is 0 Å².